The minimum Gasteiger partial charge on any atom is -0.327 e. The van der Waals surface area contributed by atoms with Crippen molar-refractivity contribution in [3.05, 3.63) is 25.6 Å². The molecule has 0 bridgehead atoms. The topological polar surface area (TPSA) is 72.7 Å². The highest BCUT2D eigenvalue weighted by atomic mass is 79.9. The molecule has 0 saturated carbocycles. The molecule has 6 nitrogen and oxygen atoms in total. The summed E-state index contributed by atoms with van der Waals surface area (Å²) in [4.78, 5) is 30.8. The smallest absolute Gasteiger partial charge is 0.327 e. The van der Waals surface area contributed by atoms with E-state index >= 15 is 0 Å². The van der Waals surface area contributed by atoms with Gasteiger partial charge in [-0.05, 0) is 22.4 Å². The van der Waals surface area contributed by atoms with Gasteiger partial charge in [-0.2, -0.15) is 0 Å². The monoisotopic (exact) mass is 300 g/mol. The van der Waals surface area contributed by atoms with Crippen molar-refractivity contribution < 1.29 is 0 Å². The Morgan fingerprint density at radius 1 is 1.41 bits per heavy atom. The SMILES string of the molecule is CCCCn1c(=O)n(C)c(=O)c2[nH]c(Br)nc21. The first kappa shape index (κ1) is 12.1. The fourth-order valence-electron chi connectivity index (χ4n) is 1.72. The molecule has 0 unspecified atom stereocenters. The first-order valence-corrected chi connectivity index (χ1v) is 6.20. The molecule has 0 aromatic carbocycles. The van der Waals surface area contributed by atoms with E-state index < -0.39 is 0 Å². The van der Waals surface area contributed by atoms with Gasteiger partial charge in [0.2, 0.25) is 0 Å². The summed E-state index contributed by atoms with van der Waals surface area (Å²) in [7, 11) is 1.47. The summed E-state index contributed by atoms with van der Waals surface area (Å²) in [6.07, 6.45) is 1.85. The molecule has 0 spiro atoms. The van der Waals surface area contributed by atoms with Crippen molar-refractivity contribution in [3.8, 4) is 0 Å². The molecule has 2 aromatic heterocycles. The van der Waals surface area contributed by atoms with E-state index in [2.05, 4.69) is 25.9 Å². The second-order valence-corrected chi connectivity index (χ2v) is 4.63. The summed E-state index contributed by atoms with van der Waals surface area (Å²) in [6, 6.07) is 0. The molecule has 2 rings (SSSR count). The van der Waals surface area contributed by atoms with Crippen molar-refractivity contribution in [2.75, 3.05) is 0 Å². The van der Waals surface area contributed by atoms with Crippen LogP contribution < -0.4 is 11.2 Å². The van der Waals surface area contributed by atoms with E-state index in [0.717, 1.165) is 17.4 Å². The largest absolute Gasteiger partial charge is 0.332 e. The van der Waals surface area contributed by atoms with Crippen LogP contribution in [0.1, 0.15) is 19.8 Å². The van der Waals surface area contributed by atoms with Crippen LogP contribution in [0, 0.1) is 0 Å². The molecule has 2 heterocycles. The summed E-state index contributed by atoms with van der Waals surface area (Å²) >= 11 is 3.18. The first-order chi connectivity index (χ1) is 8.06. The molecule has 17 heavy (non-hydrogen) atoms. The van der Waals surface area contributed by atoms with E-state index in [1.54, 1.807) is 0 Å². The molecule has 7 heteroatoms. The lowest BCUT2D eigenvalue weighted by Gasteiger charge is -2.07. The number of aromatic amines is 1. The number of nitrogens with zero attached hydrogens (tertiary/aromatic N) is 3. The van der Waals surface area contributed by atoms with Crippen molar-refractivity contribution in [1.82, 2.24) is 19.1 Å². The van der Waals surface area contributed by atoms with Crippen LogP contribution in [0.5, 0.6) is 0 Å². The fourth-order valence-corrected chi connectivity index (χ4v) is 2.09. The van der Waals surface area contributed by atoms with Crippen LogP contribution in [0.15, 0.2) is 14.3 Å². The number of aromatic nitrogens is 4. The Bertz CT molecular complexity index is 667. The maximum absolute atomic E-state index is 12.0. The third-order valence-corrected chi connectivity index (χ3v) is 3.06. The van der Waals surface area contributed by atoms with Crippen LogP contribution in [-0.4, -0.2) is 19.1 Å². The molecule has 0 aliphatic carbocycles. The van der Waals surface area contributed by atoms with Gasteiger partial charge in [-0.3, -0.25) is 13.9 Å². The average Bonchev–Trinajstić information content (AvgIpc) is 2.68. The number of unbranched alkanes of at least 4 members (excludes halogenated alkanes) is 1. The Kier molecular flexibility index (Phi) is 3.19. The molecule has 0 atom stereocenters. The highest BCUT2D eigenvalue weighted by molar-refractivity contribution is 9.10. The third kappa shape index (κ3) is 1.95. The molecule has 0 amide bonds. The molecule has 1 N–H and O–H groups in total. The maximum Gasteiger partial charge on any atom is 0.332 e. The molecule has 2 aromatic rings. The van der Waals surface area contributed by atoms with Gasteiger partial charge in [0.15, 0.2) is 15.9 Å². The summed E-state index contributed by atoms with van der Waals surface area (Å²) in [5, 5.41) is 0. The van der Waals surface area contributed by atoms with Gasteiger partial charge >= 0.3 is 5.69 Å². The lowest BCUT2D eigenvalue weighted by atomic mass is 10.3. The predicted molar refractivity (Wildman–Crippen MR) is 68.2 cm³/mol. The van der Waals surface area contributed by atoms with Crippen molar-refractivity contribution >= 4 is 27.1 Å². The standard InChI is InChI=1S/C10H13BrN4O2/c1-3-4-5-15-7-6(12-9(11)13-7)8(16)14(2)10(15)17/h3-5H2,1-2H3,(H,12,13). The second-order valence-electron chi connectivity index (χ2n) is 3.88. The zero-order chi connectivity index (χ0) is 12.6. The van der Waals surface area contributed by atoms with Crippen molar-refractivity contribution in [2.45, 2.75) is 26.3 Å². The number of hydrogen-bond donors (Lipinski definition) is 1. The number of hydrogen-bond acceptors (Lipinski definition) is 3. The number of imidazole rings is 1. The third-order valence-electron chi connectivity index (χ3n) is 2.68. The van der Waals surface area contributed by atoms with E-state index in [0.29, 0.717) is 22.4 Å². The maximum atomic E-state index is 12.0. The van der Waals surface area contributed by atoms with Crippen molar-refractivity contribution in [2.24, 2.45) is 7.05 Å². The Hall–Kier alpha value is -1.37. The molecule has 0 radical (unpaired) electrons. The van der Waals surface area contributed by atoms with Gasteiger partial charge in [0.05, 0.1) is 0 Å². The van der Waals surface area contributed by atoms with E-state index in [-0.39, 0.29) is 11.2 Å². The predicted octanol–water partition coefficient (Wildman–Crippen LogP) is 0.986. The number of nitrogens with one attached hydrogen (secondary N) is 1. The van der Waals surface area contributed by atoms with Crippen LogP contribution in [0.4, 0.5) is 0 Å². The van der Waals surface area contributed by atoms with Crippen molar-refractivity contribution in [1.29, 1.82) is 0 Å². The number of fused-ring (bicyclic) bond motifs is 1. The van der Waals surface area contributed by atoms with Gasteiger partial charge in [-0.15, -0.1) is 0 Å². The lowest BCUT2D eigenvalue weighted by molar-refractivity contribution is 0.584. The summed E-state index contributed by atoms with van der Waals surface area (Å²) in [5.41, 5.74) is 0.0967. The Morgan fingerprint density at radius 2 is 2.12 bits per heavy atom. The van der Waals surface area contributed by atoms with Gasteiger partial charge in [0.1, 0.15) is 0 Å². The van der Waals surface area contributed by atoms with Crippen molar-refractivity contribution in [3.63, 3.8) is 0 Å². The van der Waals surface area contributed by atoms with E-state index in [9.17, 15) is 9.59 Å². The lowest BCUT2D eigenvalue weighted by Crippen LogP contribution is -2.38. The Balaban J connectivity index is 2.80. The summed E-state index contributed by atoms with van der Waals surface area (Å²) in [5.74, 6) is 0. The molecular weight excluding hydrogens is 288 g/mol. The van der Waals surface area contributed by atoms with Crippen LogP contribution in [-0.2, 0) is 13.6 Å². The second kappa shape index (κ2) is 4.48. The van der Waals surface area contributed by atoms with Crippen LogP contribution in [0.2, 0.25) is 0 Å². The Labute approximate surface area is 105 Å². The summed E-state index contributed by atoms with van der Waals surface area (Å²) in [6.45, 7) is 2.61. The van der Waals surface area contributed by atoms with E-state index in [4.69, 9.17) is 0 Å². The molecule has 0 saturated heterocycles. The van der Waals surface area contributed by atoms with Gasteiger partial charge in [0, 0.05) is 13.6 Å². The number of H-pyrrole nitrogens is 1. The quantitative estimate of drug-likeness (QED) is 0.859. The molecular formula is C10H13BrN4O2. The summed E-state index contributed by atoms with van der Waals surface area (Å²) < 4.78 is 3.09. The number of rotatable bonds is 3. The van der Waals surface area contributed by atoms with Gasteiger partial charge in [0.25, 0.3) is 5.56 Å². The van der Waals surface area contributed by atoms with Gasteiger partial charge < -0.3 is 4.98 Å². The molecule has 0 aliphatic rings. The van der Waals surface area contributed by atoms with Crippen LogP contribution in [0.3, 0.4) is 0 Å². The normalized spacial score (nSPS) is 11.2. The highest BCUT2D eigenvalue weighted by Crippen LogP contribution is 2.10. The van der Waals surface area contributed by atoms with Crippen LogP contribution >= 0.6 is 15.9 Å². The van der Waals surface area contributed by atoms with E-state index in [1.807, 2.05) is 6.92 Å². The average molecular weight is 301 g/mol. The molecule has 92 valence electrons. The van der Waals surface area contributed by atoms with Gasteiger partial charge in [-0.1, -0.05) is 13.3 Å². The number of halogens is 1. The Morgan fingerprint density at radius 3 is 2.76 bits per heavy atom. The fraction of sp³-hybridized carbons (Fsp3) is 0.500. The molecule has 0 aliphatic heterocycles. The molecule has 0 fully saturated rings. The zero-order valence-corrected chi connectivity index (χ0v) is 11.2. The highest BCUT2D eigenvalue weighted by Gasteiger charge is 2.14. The number of aryl methyl sites for hydroxylation is 1. The minimum atomic E-state index is -0.351. The van der Waals surface area contributed by atoms with Gasteiger partial charge in [-0.25, -0.2) is 9.78 Å². The zero-order valence-electron chi connectivity index (χ0n) is 9.66. The minimum absolute atomic E-state index is 0.324. The van der Waals surface area contributed by atoms with Crippen LogP contribution in [0.25, 0.3) is 11.2 Å². The van der Waals surface area contributed by atoms with E-state index in [1.165, 1.54) is 11.6 Å². The first-order valence-electron chi connectivity index (χ1n) is 5.41.